The second kappa shape index (κ2) is 8.72. The molecule has 21 heavy (non-hydrogen) atoms. The predicted molar refractivity (Wildman–Crippen MR) is 78.4 cm³/mol. The maximum Gasteiger partial charge on any atom is 0.305 e. The van der Waals surface area contributed by atoms with Crippen molar-refractivity contribution in [3.8, 4) is 11.8 Å². The van der Waals surface area contributed by atoms with E-state index in [0.29, 0.717) is 24.2 Å². The van der Waals surface area contributed by atoms with Gasteiger partial charge in [-0.1, -0.05) is 11.8 Å². The van der Waals surface area contributed by atoms with Crippen molar-refractivity contribution in [3.05, 3.63) is 29.6 Å². The maximum absolute atomic E-state index is 12.3. The summed E-state index contributed by atoms with van der Waals surface area (Å²) in [5, 5.41) is 0. The second-order valence-corrected chi connectivity index (χ2v) is 4.31. The average Bonchev–Trinajstić information content (AvgIpc) is 2.52. The lowest BCUT2D eigenvalue weighted by Crippen LogP contribution is -2.29. The third kappa shape index (κ3) is 5.24. The highest BCUT2D eigenvalue weighted by molar-refractivity contribution is 5.94. The standard InChI is InChI=1S/C15H19N3O3/c1-18(11-5-8-13(19)21-2)15(20)14-12(6-3-9-16)7-4-10-17-14/h4,7,10H,5,8-9,11,16H2,1-2H3. The molecule has 2 N–H and O–H groups in total. The van der Waals surface area contributed by atoms with Gasteiger partial charge in [0.1, 0.15) is 5.69 Å². The van der Waals surface area contributed by atoms with Gasteiger partial charge in [0.05, 0.1) is 19.2 Å². The van der Waals surface area contributed by atoms with Crippen LogP contribution in [0.15, 0.2) is 18.3 Å². The van der Waals surface area contributed by atoms with Gasteiger partial charge in [0.15, 0.2) is 0 Å². The summed E-state index contributed by atoms with van der Waals surface area (Å²) in [4.78, 5) is 29.0. The van der Waals surface area contributed by atoms with Gasteiger partial charge in [0, 0.05) is 26.2 Å². The first kappa shape index (κ1) is 16.7. The molecule has 1 aromatic heterocycles. The number of esters is 1. The van der Waals surface area contributed by atoms with Crippen LogP contribution in [0, 0.1) is 11.8 Å². The Hall–Kier alpha value is -2.39. The van der Waals surface area contributed by atoms with Gasteiger partial charge >= 0.3 is 5.97 Å². The van der Waals surface area contributed by atoms with Crippen LogP contribution < -0.4 is 5.73 Å². The summed E-state index contributed by atoms with van der Waals surface area (Å²) in [7, 11) is 3.00. The number of ether oxygens (including phenoxy) is 1. The monoisotopic (exact) mass is 289 g/mol. The molecule has 0 bridgehead atoms. The van der Waals surface area contributed by atoms with Crippen molar-refractivity contribution >= 4 is 11.9 Å². The van der Waals surface area contributed by atoms with Crippen LogP contribution in [0.5, 0.6) is 0 Å². The molecule has 0 aromatic carbocycles. The van der Waals surface area contributed by atoms with Gasteiger partial charge < -0.3 is 15.4 Å². The van der Waals surface area contributed by atoms with Gasteiger partial charge in [0.2, 0.25) is 0 Å². The fourth-order valence-electron chi connectivity index (χ4n) is 1.67. The molecule has 0 saturated heterocycles. The normalized spacial score (nSPS) is 9.48. The van der Waals surface area contributed by atoms with Crippen molar-refractivity contribution in [2.45, 2.75) is 12.8 Å². The predicted octanol–water partition coefficient (Wildman–Crippen LogP) is 0.417. The lowest BCUT2D eigenvalue weighted by Gasteiger charge is -2.16. The van der Waals surface area contributed by atoms with E-state index in [1.165, 1.54) is 12.0 Å². The molecule has 0 saturated carbocycles. The first-order chi connectivity index (χ1) is 10.1. The first-order valence-corrected chi connectivity index (χ1v) is 6.56. The smallest absolute Gasteiger partial charge is 0.305 e. The quantitative estimate of drug-likeness (QED) is 0.627. The summed E-state index contributed by atoms with van der Waals surface area (Å²) in [5.41, 5.74) is 6.18. The zero-order chi connectivity index (χ0) is 15.7. The second-order valence-electron chi connectivity index (χ2n) is 4.31. The van der Waals surface area contributed by atoms with Crippen LogP contribution in [-0.4, -0.2) is 49.0 Å². The topological polar surface area (TPSA) is 85.5 Å². The highest BCUT2D eigenvalue weighted by Gasteiger charge is 2.16. The number of methoxy groups -OCH3 is 1. The number of nitrogens with zero attached hydrogens (tertiary/aromatic N) is 2. The van der Waals surface area contributed by atoms with Gasteiger partial charge in [-0.3, -0.25) is 9.59 Å². The average molecular weight is 289 g/mol. The van der Waals surface area contributed by atoms with E-state index >= 15 is 0 Å². The molecule has 1 amide bonds. The van der Waals surface area contributed by atoms with Crippen LogP contribution in [0.1, 0.15) is 28.9 Å². The molecule has 1 rings (SSSR count). The SMILES string of the molecule is COC(=O)CCCN(C)C(=O)c1ncccc1C#CCN. The highest BCUT2D eigenvalue weighted by atomic mass is 16.5. The summed E-state index contributed by atoms with van der Waals surface area (Å²) < 4.78 is 4.56. The number of hydrogen-bond donors (Lipinski definition) is 1. The van der Waals surface area contributed by atoms with Crippen molar-refractivity contribution in [1.82, 2.24) is 9.88 Å². The van der Waals surface area contributed by atoms with Crippen molar-refractivity contribution < 1.29 is 14.3 Å². The molecule has 0 atom stereocenters. The number of nitrogens with two attached hydrogens (primary N) is 1. The first-order valence-electron chi connectivity index (χ1n) is 6.56. The van der Waals surface area contributed by atoms with E-state index in [2.05, 4.69) is 21.6 Å². The fourth-order valence-corrected chi connectivity index (χ4v) is 1.67. The van der Waals surface area contributed by atoms with E-state index in [-0.39, 0.29) is 24.8 Å². The third-order valence-corrected chi connectivity index (χ3v) is 2.78. The van der Waals surface area contributed by atoms with Crippen molar-refractivity contribution in [1.29, 1.82) is 0 Å². The fraction of sp³-hybridized carbons (Fsp3) is 0.400. The summed E-state index contributed by atoms with van der Waals surface area (Å²) in [6.07, 6.45) is 2.35. The summed E-state index contributed by atoms with van der Waals surface area (Å²) in [6.45, 7) is 0.658. The molecule has 0 fully saturated rings. The van der Waals surface area contributed by atoms with Crippen molar-refractivity contribution in [2.75, 3.05) is 27.2 Å². The Bertz CT molecular complexity index is 561. The molecule has 0 unspecified atom stereocenters. The molecule has 0 radical (unpaired) electrons. The lowest BCUT2D eigenvalue weighted by atomic mass is 10.1. The van der Waals surface area contributed by atoms with Gasteiger partial charge in [-0.2, -0.15) is 0 Å². The van der Waals surface area contributed by atoms with Gasteiger partial charge in [-0.25, -0.2) is 4.98 Å². The Morgan fingerprint density at radius 2 is 2.24 bits per heavy atom. The zero-order valence-electron chi connectivity index (χ0n) is 12.3. The molecule has 112 valence electrons. The van der Waals surface area contributed by atoms with Crippen LogP contribution in [0.3, 0.4) is 0 Å². The number of rotatable bonds is 5. The summed E-state index contributed by atoms with van der Waals surface area (Å²) in [5.74, 6) is 5.02. The molecule has 0 aliphatic carbocycles. The van der Waals surface area contributed by atoms with E-state index < -0.39 is 0 Å². The van der Waals surface area contributed by atoms with Crippen LogP contribution in [0.4, 0.5) is 0 Å². The summed E-state index contributed by atoms with van der Waals surface area (Å²) in [6, 6.07) is 3.44. The summed E-state index contributed by atoms with van der Waals surface area (Å²) >= 11 is 0. The number of carbonyl (C=O) groups is 2. The molecular weight excluding hydrogens is 270 g/mol. The van der Waals surface area contributed by atoms with E-state index in [1.54, 1.807) is 25.4 Å². The minimum absolute atomic E-state index is 0.220. The van der Waals surface area contributed by atoms with E-state index in [4.69, 9.17) is 5.73 Å². The molecule has 6 nitrogen and oxygen atoms in total. The van der Waals surface area contributed by atoms with Gasteiger partial charge in [-0.05, 0) is 18.6 Å². The van der Waals surface area contributed by atoms with Crippen LogP contribution >= 0.6 is 0 Å². The van der Waals surface area contributed by atoms with E-state index in [1.807, 2.05) is 0 Å². The van der Waals surface area contributed by atoms with Crippen molar-refractivity contribution in [2.24, 2.45) is 5.73 Å². The minimum Gasteiger partial charge on any atom is -0.469 e. The van der Waals surface area contributed by atoms with Crippen molar-refractivity contribution in [3.63, 3.8) is 0 Å². The molecular formula is C15H19N3O3. The van der Waals surface area contributed by atoms with Gasteiger partial charge in [-0.15, -0.1) is 0 Å². The minimum atomic E-state index is -0.289. The van der Waals surface area contributed by atoms with Gasteiger partial charge in [0.25, 0.3) is 5.91 Å². The Morgan fingerprint density at radius 3 is 2.90 bits per heavy atom. The van der Waals surface area contributed by atoms with E-state index in [0.717, 1.165) is 0 Å². The Kier molecular flexibility index (Phi) is 6.92. The Labute approximate surface area is 124 Å². The number of pyridine rings is 1. The van der Waals surface area contributed by atoms with Crippen LogP contribution in [0.25, 0.3) is 0 Å². The Morgan fingerprint density at radius 1 is 1.48 bits per heavy atom. The number of hydrogen-bond acceptors (Lipinski definition) is 5. The van der Waals surface area contributed by atoms with Crippen LogP contribution in [0.2, 0.25) is 0 Å². The zero-order valence-corrected chi connectivity index (χ0v) is 12.3. The Balaban J connectivity index is 2.72. The number of aromatic nitrogens is 1. The number of carbonyl (C=O) groups excluding carboxylic acids is 2. The highest BCUT2D eigenvalue weighted by Crippen LogP contribution is 2.08. The molecule has 1 aromatic rings. The van der Waals surface area contributed by atoms with E-state index in [9.17, 15) is 9.59 Å². The molecule has 6 heteroatoms. The molecule has 1 heterocycles. The lowest BCUT2D eigenvalue weighted by molar-refractivity contribution is -0.140. The molecule has 0 aliphatic heterocycles. The third-order valence-electron chi connectivity index (χ3n) is 2.78. The molecule has 0 spiro atoms. The largest absolute Gasteiger partial charge is 0.469 e. The molecule has 0 aliphatic rings. The number of amides is 1. The maximum atomic E-state index is 12.3. The van der Waals surface area contributed by atoms with Crippen LogP contribution in [-0.2, 0) is 9.53 Å².